The van der Waals surface area contributed by atoms with Gasteiger partial charge in [0, 0.05) is 43.6 Å². The van der Waals surface area contributed by atoms with Gasteiger partial charge in [0.15, 0.2) is 11.5 Å². The molecule has 0 bridgehead atoms. The highest BCUT2D eigenvalue weighted by Crippen LogP contribution is 2.35. The minimum atomic E-state index is 0.250. The first-order chi connectivity index (χ1) is 13.8. The summed E-state index contributed by atoms with van der Waals surface area (Å²) in [5.74, 6) is 2.74. The standard InChI is InChI=1S/C21H22N4O3/c1-26-11-5-10-22-21-24-17(15-6-3-2-4-7-15)13-20(25-21)23-16-8-9-18-19(12-16)28-14-27-18/h2-4,6-9,12-13H,5,10-11,14H2,1H3,(H2,22,23,24,25). The summed E-state index contributed by atoms with van der Waals surface area (Å²) in [6, 6.07) is 17.7. The largest absolute Gasteiger partial charge is 0.454 e. The molecule has 28 heavy (non-hydrogen) atoms. The summed E-state index contributed by atoms with van der Waals surface area (Å²) in [5.41, 5.74) is 2.74. The number of rotatable bonds is 8. The van der Waals surface area contributed by atoms with E-state index in [-0.39, 0.29) is 6.79 Å². The van der Waals surface area contributed by atoms with Gasteiger partial charge in [-0.15, -0.1) is 0 Å². The first-order valence-corrected chi connectivity index (χ1v) is 9.16. The van der Waals surface area contributed by atoms with E-state index in [0.29, 0.717) is 18.4 Å². The van der Waals surface area contributed by atoms with Gasteiger partial charge in [-0.3, -0.25) is 0 Å². The number of hydrogen-bond donors (Lipinski definition) is 2. The van der Waals surface area contributed by atoms with Crippen molar-refractivity contribution in [2.24, 2.45) is 0 Å². The number of anilines is 3. The van der Waals surface area contributed by atoms with Gasteiger partial charge in [0.2, 0.25) is 12.7 Å². The van der Waals surface area contributed by atoms with E-state index in [0.717, 1.165) is 41.4 Å². The molecule has 0 unspecified atom stereocenters. The highest BCUT2D eigenvalue weighted by Gasteiger charge is 2.14. The third-order valence-electron chi connectivity index (χ3n) is 4.25. The van der Waals surface area contributed by atoms with Crippen molar-refractivity contribution in [3.8, 4) is 22.8 Å². The van der Waals surface area contributed by atoms with E-state index in [4.69, 9.17) is 14.2 Å². The van der Waals surface area contributed by atoms with Gasteiger partial charge in [-0.05, 0) is 18.6 Å². The molecule has 2 N–H and O–H groups in total. The zero-order valence-electron chi connectivity index (χ0n) is 15.6. The number of benzene rings is 2. The lowest BCUT2D eigenvalue weighted by Gasteiger charge is -2.12. The van der Waals surface area contributed by atoms with E-state index >= 15 is 0 Å². The number of ether oxygens (including phenoxy) is 3. The third-order valence-corrected chi connectivity index (χ3v) is 4.25. The van der Waals surface area contributed by atoms with Crippen LogP contribution >= 0.6 is 0 Å². The Morgan fingerprint density at radius 1 is 1.00 bits per heavy atom. The highest BCUT2D eigenvalue weighted by molar-refractivity contribution is 5.68. The Hall–Kier alpha value is -3.32. The van der Waals surface area contributed by atoms with Gasteiger partial charge in [-0.2, -0.15) is 4.98 Å². The molecule has 0 atom stereocenters. The summed E-state index contributed by atoms with van der Waals surface area (Å²) in [6.45, 7) is 1.67. The van der Waals surface area contributed by atoms with E-state index in [1.807, 2.05) is 54.6 Å². The lowest BCUT2D eigenvalue weighted by Crippen LogP contribution is -2.09. The van der Waals surface area contributed by atoms with E-state index < -0.39 is 0 Å². The monoisotopic (exact) mass is 378 g/mol. The predicted octanol–water partition coefficient (Wildman–Crippen LogP) is 4.06. The average Bonchev–Trinajstić information content (AvgIpc) is 3.20. The zero-order valence-corrected chi connectivity index (χ0v) is 15.6. The molecular formula is C21H22N4O3. The van der Waals surface area contributed by atoms with E-state index in [2.05, 4.69) is 20.6 Å². The SMILES string of the molecule is COCCCNc1nc(Nc2ccc3c(c2)OCO3)cc(-c2ccccc2)n1. The maximum Gasteiger partial charge on any atom is 0.231 e. The highest BCUT2D eigenvalue weighted by atomic mass is 16.7. The summed E-state index contributed by atoms with van der Waals surface area (Å²) in [6.07, 6.45) is 0.875. The quantitative estimate of drug-likeness (QED) is 0.572. The summed E-state index contributed by atoms with van der Waals surface area (Å²) in [7, 11) is 1.69. The van der Waals surface area contributed by atoms with Crippen LogP contribution in [0.3, 0.4) is 0 Å². The minimum absolute atomic E-state index is 0.250. The van der Waals surface area contributed by atoms with E-state index in [9.17, 15) is 0 Å². The molecule has 7 nitrogen and oxygen atoms in total. The van der Waals surface area contributed by atoms with Crippen molar-refractivity contribution < 1.29 is 14.2 Å². The minimum Gasteiger partial charge on any atom is -0.454 e. The van der Waals surface area contributed by atoms with Crippen LogP contribution in [-0.4, -0.2) is 37.0 Å². The molecule has 0 fully saturated rings. The number of hydrogen-bond acceptors (Lipinski definition) is 7. The Balaban J connectivity index is 1.59. The summed E-state index contributed by atoms with van der Waals surface area (Å²) in [4.78, 5) is 9.25. The lowest BCUT2D eigenvalue weighted by molar-refractivity contribution is 0.174. The fourth-order valence-corrected chi connectivity index (χ4v) is 2.89. The second-order valence-electron chi connectivity index (χ2n) is 6.29. The zero-order chi connectivity index (χ0) is 19.2. The molecule has 0 saturated carbocycles. The van der Waals surface area contributed by atoms with Crippen LogP contribution in [0.25, 0.3) is 11.3 Å². The van der Waals surface area contributed by atoms with Crippen molar-refractivity contribution in [2.75, 3.05) is 37.7 Å². The van der Waals surface area contributed by atoms with Gasteiger partial charge < -0.3 is 24.8 Å². The third kappa shape index (κ3) is 4.32. The molecule has 4 rings (SSSR count). The molecule has 2 aromatic carbocycles. The molecule has 0 aliphatic carbocycles. The average molecular weight is 378 g/mol. The van der Waals surface area contributed by atoms with Crippen LogP contribution in [0.1, 0.15) is 6.42 Å². The smallest absolute Gasteiger partial charge is 0.231 e. The Morgan fingerprint density at radius 2 is 1.86 bits per heavy atom. The number of methoxy groups -OCH3 is 1. The van der Waals surface area contributed by atoms with Crippen LogP contribution in [0, 0.1) is 0 Å². The topological polar surface area (TPSA) is 77.5 Å². The van der Waals surface area contributed by atoms with Gasteiger partial charge in [0.25, 0.3) is 0 Å². The summed E-state index contributed by atoms with van der Waals surface area (Å²) >= 11 is 0. The van der Waals surface area contributed by atoms with Gasteiger partial charge in [0.05, 0.1) is 5.69 Å². The van der Waals surface area contributed by atoms with E-state index in [1.54, 1.807) is 7.11 Å². The molecule has 7 heteroatoms. The van der Waals surface area contributed by atoms with Crippen LogP contribution in [0.5, 0.6) is 11.5 Å². The second-order valence-corrected chi connectivity index (χ2v) is 6.29. The van der Waals surface area contributed by atoms with Crippen LogP contribution < -0.4 is 20.1 Å². The molecule has 0 spiro atoms. The van der Waals surface area contributed by atoms with Crippen LogP contribution in [-0.2, 0) is 4.74 Å². The Labute approximate surface area is 163 Å². The van der Waals surface area contributed by atoms with Crippen molar-refractivity contribution in [1.82, 2.24) is 9.97 Å². The fourth-order valence-electron chi connectivity index (χ4n) is 2.89. The molecule has 144 valence electrons. The van der Waals surface area contributed by atoms with Crippen LogP contribution in [0.2, 0.25) is 0 Å². The summed E-state index contributed by atoms with van der Waals surface area (Å²) < 4.78 is 15.9. The normalized spacial score (nSPS) is 12.0. The number of nitrogens with one attached hydrogen (secondary N) is 2. The molecule has 1 aromatic heterocycles. The fraction of sp³-hybridized carbons (Fsp3) is 0.238. The first kappa shape index (κ1) is 18.1. The maximum atomic E-state index is 5.45. The molecule has 0 amide bonds. The predicted molar refractivity (Wildman–Crippen MR) is 108 cm³/mol. The molecule has 1 aliphatic rings. The molecule has 2 heterocycles. The Kier molecular flexibility index (Phi) is 5.53. The molecule has 0 saturated heterocycles. The second kappa shape index (κ2) is 8.58. The van der Waals surface area contributed by atoms with Gasteiger partial charge >= 0.3 is 0 Å². The lowest BCUT2D eigenvalue weighted by atomic mass is 10.1. The van der Waals surface area contributed by atoms with Gasteiger partial charge in [0.1, 0.15) is 5.82 Å². The van der Waals surface area contributed by atoms with Gasteiger partial charge in [-0.25, -0.2) is 4.98 Å². The number of nitrogens with zero attached hydrogens (tertiary/aromatic N) is 2. The molecule has 3 aromatic rings. The van der Waals surface area contributed by atoms with Crippen molar-refractivity contribution in [2.45, 2.75) is 6.42 Å². The maximum absolute atomic E-state index is 5.45. The Morgan fingerprint density at radius 3 is 2.71 bits per heavy atom. The molecular weight excluding hydrogens is 356 g/mol. The van der Waals surface area contributed by atoms with Crippen molar-refractivity contribution in [3.63, 3.8) is 0 Å². The van der Waals surface area contributed by atoms with E-state index in [1.165, 1.54) is 0 Å². The number of fused-ring (bicyclic) bond motifs is 1. The van der Waals surface area contributed by atoms with Crippen molar-refractivity contribution in [3.05, 3.63) is 54.6 Å². The first-order valence-electron chi connectivity index (χ1n) is 9.16. The summed E-state index contributed by atoms with van der Waals surface area (Å²) in [5, 5.41) is 6.60. The number of aromatic nitrogens is 2. The molecule has 1 aliphatic heterocycles. The van der Waals surface area contributed by atoms with Gasteiger partial charge in [-0.1, -0.05) is 30.3 Å². The van der Waals surface area contributed by atoms with Crippen LogP contribution in [0.15, 0.2) is 54.6 Å². The van der Waals surface area contributed by atoms with Crippen molar-refractivity contribution in [1.29, 1.82) is 0 Å². The molecule has 0 radical (unpaired) electrons. The van der Waals surface area contributed by atoms with Crippen LogP contribution in [0.4, 0.5) is 17.5 Å². The van der Waals surface area contributed by atoms with Crippen molar-refractivity contribution >= 4 is 17.5 Å². The Bertz CT molecular complexity index is 934.